The van der Waals surface area contributed by atoms with Gasteiger partial charge in [0.15, 0.2) is 5.75 Å². The zero-order valence-electron chi connectivity index (χ0n) is 8.40. The maximum absolute atomic E-state index is 11.4. The Kier molecular flexibility index (Phi) is 6.18. The molecule has 0 heterocycles. The number of carbonyl (C=O) groups is 1. The Morgan fingerprint density at radius 1 is 1.12 bits per heavy atom. The third kappa shape index (κ3) is 4.08. The van der Waals surface area contributed by atoms with Crippen molar-refractivity contribution in [2.24, 2.45) is 0 Å². The lowest BCUT2D eigenvalue weighted by Gasteiger charge is -2.10. The predicted molar refractivity (Wildman–Crippen MR) is 72.1 cm³/mol. The van der Waals surface area contributed by atoms with E-state index >= 15 is 0 Å². The van der Waals surface area contributed by atoms with Crippen LogP contribution < -0.4 is 4.74 Å². The lowest BCUT2D eigenvalue weighted by molar-refractivity contribution is -0.134. The van der Waals surface area contributed by atoms with E-state index in [2.05, 4.69) is 0 Å². The Labute approximate surface area is 124 Å². The molecule has 0 amide bonds. The molecule has 0 saturated carbocycles. The van der Waals surface area contributed by atoms with Crippen molar-refractivity contribution < 1.29 is 9.53 Å². The Morgan fingerprint density at radius 3 is 2.35 bits per heavy atom. The van der Waals surface area contributed by atoms with E-state index in [0.29, 0.717) is 12.3 Å². The molecule has 7 heteroatoms. The first kappa shape index (κ1) is 15.2. The molecule has 0 aromatic heterocycles. The zero-order chi connectivity index (χ0) is 13.0. The molecule has 0 aliphatic heterocycles. The third-order valence-corrected chi connectivity index (χ3v) is 3.60. The maximum atomic E-state index is 11.4. The van der Waals surface area contributed by atoms with E-state index in [0.717, 1.165) is 0 Å². The highest BCUT2D eigenvalue weighted by Crippen LogP contribution is 2.42. The van der Waals surface area contributed by atoms with Gasteiger partial charge in [-0.15, -0.1) is 11.6 Å². The predicted octanol–water partition coefficient (Wildman–Crippen LogP) is 5.22. The van der Waals surface area contributed by atoms with Crippen LogP contribution in [0.1, 0.15) is 12.8 Å². The molecule has 0 atom stereocenters. The number of esters is 1. The number of ether oxygens (including phenoxy) is 1. The van der Waals surface area contributed by atoms with Crippen molar-refractivity contribution in [2.45, 2.75) is 12.8 Å². The Morgan fingerprint density at radius 2 is 1.76 bits per heavy atom. The van der Waals surface area contributed by atoms with Crippen LogP contribution in [0.5, 0.6) is 5.75 Å². The zero-order valence-corrected chi connectivity index (χ0v) is 12.2. The molecule has 0 N–H and O–H groups in total. The molecule has 0 spiro atoms. The molecule has 0 radical (unpaired) electrons. The molecule has 1 aromatic rings. The average molecular weight is 336 g/mol. The first-order chi connectivity index (χ1) is 7.97. The van der Waals surface area contributed by atoms with Crippen LogP contribution >= 0.6 is 58.0 Å². The van der Waals surface area contributed by atoms with Gasteiger partial charge in [-0.2, -0.15) is 0 Å². The van der Waals surface area contributed by atoms with Crippen molar-refractivity contribution in [3.05, 3.63) is 26.2 Å². The van der Waals surface area contributed by atoms with Crippen LogP contribution in [0.15, 0.2) is 6.07 Å². The molecule has 1 rings (SSSR count). The number of hydrogen-bond acceptors (Lipinski definition) is 2. The monoisotopic (exact) mass is 334 g/mol. The first-order valence-corrected chi connectivity index (χ1v) is 6.61. The number of benzene rings is 1. The number of halogens is 5. The average Bonchev–Trinajstić information content (AvgIpc) is 2.29. The van der Waals surface area contributed by atoms with Gasteiger partial charge in [-0.05, 0) is 12.5 Å². The standard InChI is InChI=1S/C10H7Cl5O2/c11-3-1-2-7(16)17-10-6(13)4-5(12)8(14)9(10)15/h4H,1-3H2. The Bertz CT molecular complexity index is 433. The van der Waals surface area contributed by atoms with Crippen molar-refractivity contribution in [1.82, 2.24) is 0 Å². The van der Waals surface area contributed by atoms with Gasteiger partial charge in [0.1, 0.15) is 5.02 Å². The number of alkyl halides is 1. The second-order valence-corrected chi connectivity index (χ2v) is 5.01. The minimum absolute atomic E-state index is 0.0160. The molecule has 0 aliphatic rings. The molecule has 1 aromatic carbocycles. The Hall–Kier alpha value is 0.140. The van der Waals surface area contributed by atoms with Gasteiger partial charge in [0.2, 0.25) is 0 Å². The van der Waals surface area contributed by atoms with E-state index in [-0.39, 0.29) is 32.3 Å². The topological polar surface area (TPSA) is 26.3 Å². The molecule has 0 unspecified atom stereocenters. The fourth-order valence-electron chi connectivity index (χ4n) is 1.02. The van der Waals surface area contributed by atoms with E-state index in [1.807, 2.05) is 0 Å². The second kappa shape index (κ2) is 6.91. The lowest BCUT2D eigenvalue weighted by Crippen LogP contribution is -2.08. The minimum Gasteiger partial charge on any atom is -0.423 e. The van der Waals surface area contributed by atoms with E-state index in [9.17, 15) is 4.79 Å². The summed E-state index contributed by atoms with van der Waals surface area (Å²) >= 11 is 28.8. The van der Waals surface area contributed by atoms with Gasteiger partial charge < -0.3 is 4.74 Å². The van der Waals surface area contributed by atoms with Crippen LogP contribution in [-0.4, -0.2) is 11.8 Å². The number of carbonyl (C=O) groups excluding carboxylic acids is 1. The van der Waals surface area contributed by atoms with Gasteiger partial charge in [0.25, 0.3) is 0 Å². The van der Waals surface area contributed by atoms with Gasteiger partial charge in [0, 0.05) is 12.3 Å². The summed E-state index contributed by atoms with van der Waals surface area (Å²) in [7, 11) is 0. The van der Waals surface area contributed by atoms with Gasteiger partial charge in [-0.3, -0.25) is 4.79 Å². The van der Waals surface area contributed by atoms with Gasteiger partial charge in [-0.25, -0.2) is 0 Å². The maximum Gasteiger partial charge on any atom is 0.311 e. The molecule has 0 bridgehead atoms. The summed E-state index contributed by atoms with van der Waals surface area (Å²) in [5, 5.41) is 0.437. The lowest BCUT2D eigenvalue weighted by atomic mass is 10.3. The molecule has 0 fully saturated rings. The van der Waals surface area contributed by atoms with Crippen LogP contribution in [0.2, 0.25) is 20.1 Å². The van der Waals surface area contributed by atoms with Crippen molar-refractivity contribution >= 4 is 64.0 Å². The summed E-state index contributed by atoms with van der Waals surface area (Å²) in [4.78, 5) is 11.4. The van der Waals surface area contributed by atoms with Crippen LogP contribution in [-0.2, 0) is 4.79 Å². The second-order valence-electron chi connectivity index (χ2n) is 3.06. The number of hydrogen-bond donors (Lipinski definition) is 0. The highest BCUT2D eigenvalue weighted by Gasteiger charge is 2.17. The van der Waals surface area contributed by atoms with Crippen LogP contribution in [0.3, 0.4) is 0 Å². The third-order valence-electron chi connectivity index (χ3n) is 1.80. The summed E-state index contributed by atoms with van der Waals surface area (Å²) in [5.41, 5.74) is 0. The minimum atomic E-state index is -0.479. The van der Waals surface area contributed by atoms with Crippen LogP contribution in [0.4, 0.5) is 0 Å². The van der Waals surface area contributed by atoms with Crippen molar-refractivity contribution in [1.29, 1.82) is 0 Å². The highest BCUT2D eigenvalue weighted by atomic mass is 35.5. The summed E-state index contributed by atoms with van der Waals surface area (Å²) in [5.74, 6) is -0.0899. The summed E-state index contributed by atoms with van der Waals surface area (Å²) in [6, 6.07) is 1.36. The summed E-state index contributed by atoms with van der Waals surface area (Å²) in [6.45, 7) is 0. The van der Waals surface area contributed by atoms with E-state index in [4.69, 9.17) is 62.7 Å². The van der Waals surface area contributed by atoms with Crippen molar-refractivity contribution in [3.8, 4) is 5.75 Å². The number of rotatable bonds is 4. The van der Waals surface area contributed by atoms with E-state index in [1.165, 1.54) is 6.07 Å². The molecule has 2 nitrogen and oxygen atoms in total. The normalized spacial score (nSPS) is 10.4. The van der Waals surface area contributed by atoms with Crippen LogP contribution in [0.25, 0.3) is 0 Å². The molecule has 0 saturated heterocycles. The summed E-state index contributed by atoms with van der Waals surface area (Å²) < 4.78 is 5.01. The molecule has 17 heavy (non-hydrogen) atoms. The van der Waals surface area contributed by atoms with E-state index in [1.54, 1.807) is 0 Å². The largest absolute Gasteiger partial charge is 0.423 e. The van der Waals surface area contributed by atoms with Gasteiger partial charge in [-0.1, -0.05) is 46.4 Å². The molecular formula is C10H7Cl5O2. The fraction of sp³-hybridized carbons (Fsp3) is 0.300. The quantitative estimate of drug-likeness (QED) is 0.248. The summed E-state index contributed by atoms with van der Waals surface area (Å²) in [6.07, 6.45) is 0.688. The fourth-order valence-corrected chi connectivity index (χ4v) is 2.13. The van der Waals surface area contributed by atoms with Crippen LogP contribution in [0, 0.1) is 0 Å². The van der Waals surface area contributed by atoms with Crippen molar-refractivity contribution in [3.63, 3.8) is 0 Å². The smallest absolute Gasteiger partial charge is 0.311 e. The van der Waals surface area contributed by atoms with Gasteiger partial charge in [0.05, 0.1) is 15.1 Å². The molecular weight excluding hydrogens is 329 g/mol. The van der Waals surface area contributed by atoms with Crippen molar-refractivity contribution in [2.75, 3.05) is 5.88 Å². The van der Waals surface area contributed by atoms with E-state index < -0.39 is 5.97 Å². The Balaban J connectivity index is 2.91. The highest BCUT2D eigenvalue weighted by molar-refractivity contribution is 6.50. The molecule has 0 aliphatic carbocycles. The van der Waals surface area contributed by atoms with Gasteiger partial charge >= 0.3 is 5.97 Å². The molecule has 94 valence electrons. The SMILES string of the molecule is O=C(CCCCl)Oc1c(Cl)cc(Cl)c(Cl)c1Cl. The first-order valence-electron chi connectivity index (χ1n) is 4.57.